The van der Waals surface area contributed by atoms with E-state index in [4.69, 9.17) is 11.0 Å². The summed E-state index contributed by atoms with van der Waals surface area (Å²) in [6.07, 6.45) is 0. The van der Waals surface area contributed by atoms with E-state index in [0.29, 0.717) is 11.3 Å². The molecule has 0 saturated heterocycles. The molecule has 0 aliphatic rings. The molecule has 2 N–H and O–H groups in total. The molecule has 0 fully saturated rings. The Balaban J connectivity index is 2.32. The van der Waals surface area contributed by atoms with E-state index >= 15 is 0 Å². The van der Waals surface area contributed by atoms with E-state index < -0.39 is 5.91 Å². The molecule has 18 heavy (non-hydrogen) atoms. The maximum absolute atomic E-state index is 12.0. The van der Waals surface area contributed by atoms with Crippen molar-refractivity contribution in [2.45, 2.75) is 0 Å². The third-order valence-corrected chi connectivity index (χ3v) is 2.38. The Morgan fingerprint density at radius 3 is 2.89 bits per heavy atom. The van der Waals surface area contributed by atoms with E-state index in [1.165, 1.54) is 4.90 Å². The molecule has 1 aromatic heterocycles. The average molecular weight is 243 g/mol. The Bertz CT molecular complexity index is 628. The third kappa shape index (κ3) is 1.99. The summed E-state index contributed by atoms with van der Waals surface area (Å²) in [6.45, 7) is 0. The van der Waals surface area contributed by atoms with Crippen LogP contribution < -0.4 is 10.6 Å². The van der Waals surface area contributed by atoms with Crippen LogP contribution in [0.1, 0.15) is 16.1 Å². The van der Waals surface area contributed by atoms with Crippen LogP contribution in [0.15, 0.2) is 28.9 Å². The molecule has 0 bridgehead atoms. The number of anilines is 2. The van der Waals surface area contributed by atoms with Gasteiger partial charge >= 0.3 is 0 Å². The zero-order chi connectivity index (χ0) is 13.1. The molecular weight excluding hydrogens is 234 g/mol. The van der Waals surface area contributed by atoms with Gasteiger partial charge in [-0.1, -0.05) is 6.07 Å². The van der Waals surface area contributed by atoms with E-state index in [2.05, 4.69) is 14.9 Å². The van der Waals surface area contributed by atoms with Crippen LogP contribution in [0.2, 0.25) is 0 Å². The number of carbonyl (C=O) groups excluding carboxylic acids is 1. The first-order valence-corrected chi connectivity index (χ1v) is 4.99. The molecule has 7 heteroatoms. The van der Waals surface area contributed by atoms with Crippen molar-refractivity contribution in [1.82, 2.24) is 10.3 Å². The van der Waals surface area contributed by atoms with Gasteiger partial charge in [-0.05, 0) is 28.5 Å². The Labute approximate surface area is 102 Å². The second-order valence-electron chi connectivity index (χ2n) is 3.52. The molecule has 90 valence electrons. The molecule has 0 spiro atoms. The highest BCUT2D eigenvalue weighted by Gasteiger charge is 2.21. The highest BCUT2D eigenvalue weighted by Crippen LogP contribution is 2.17. The third-order valence-electron chi connectivity index (χ3n) is 2.38. The summed E-state index contributed by atoms with van der Waals surface area (Å²) in [5.74, 6) is -0.521. The number of amides is 1. The summed E-state index contributed by atoms with van der Waals surface area (Å²) < 4.78 is 4.37. The van der Waals surface area contributed by atoms with Crippen LogP contribution in [0, 0.1) is 11.3 Å². The molecule has 0 aliphatic carbocycles. The van der Waals surface area contributed by atoms with Crippen LogP contribution in [0.5, 0.6) is 0 Å². The molecule has 2 rings (SSSR count). The van der Waals surface area contributed by atoms with E-state index in [1.807, 2.05) is 6.07 Å². The smallest absolute Gasteiger partial charge is 0.284 e. The zero-order valence-corrected chi connectivity index (χ0v) is 9.49. The van der Waals surface area contributed by atoms with Gasteiger partial charge in [0.2, 0.25) is 11.5 Å². The topological polar surface area (TPSA) is 109 Å². The Morgan fingerprint density at radius 2 is 2.28 bits per heavy atom. The number of hydrogen-bond acceptors (Lipinski definition) is 6. The number of nitrogen functional groups attached to an aromatic ring is 1. The Morgan fingerprint density at radius 1 is 1.50 bits per heavy atom. The fraction of sp³-hybridized carbons (Fsp3) is 0.0909. The van der Waals surface area contributed by atoms with Gasteiger partial charge in [-0.15, -0.1) is 0 Å². The first-order chi connectivity index (χ1) is 8.63. The molecule has 7 nitrogen and oxygen atoms in total. The summed E-state index contributed by atoms with van der Waals surface area (Å²) in [5.41, 5.74) is 6.40. The van der Waals surface area contributed by atoms with Crippen LogP contribution >= 0.6 is 0 Å². The van der Waals surface area contributed by atoms with Crippen molar-refractivity contribution < 1.29 is 9.42 Å². The van der Waals surface area contributed by atoms with E-state index in [0.717, 1.165) is 0 Å². The highest BCUT2D eigenvalue weighted by atomic mass is 16.6. The van der Waals surface area contributed by atoms with Gasteiger partial charge in [0.25, 0.3) is 5.91 Å². The van der Waals surface area contributed by atoms with Crippen molar-refractivity contribution in [2.75, 3.05) is 17.7 Å². The summed E-state index contributed by atoms with van der Waals surface area (Å²) in [7, 11) is 1.55. The van der Waals surface area contributed by atoms with Gasteiger partial charge < -0.3 is 10.6 Å². The fourth-order valence-electron chi connectivity index (χ4n) is 1.40. The predicted octanol–water partition coefficient (Wildman–Crippen LogP) is 0.800. The molecule has 0 atom stereocenters. The van der Waals surface area contributed by atoms with E-state index in [9.17, 15) is 4.79 Å². The lowest BCUT2D eigenvalue weighted by Gasteiger charge is -2.15. The average Bonchev–Trinajstić information content (AvgIpc) is 2.83. The summed E-state index contributed by atoms with van der Waals surface area (Å²) in [5, 5.41) is 15.6. The number of aromatic nitrogens is 2. The van der Waals surface area contributed by atoms with Crippen molar-refractivity contribution >= 4 is 17.4 Å². The van der Waals surface area contributed by atoms with Gasteiger partial charge in [-0.3, -0.25) is 4.79 Å². The molecule has 0 unspecified atom stereocenters. The van der Waals surface area contributed by atoms with Crippen molar-refractivity contribution in [3.63, 3.8) is 0 Å². The van der Waals surface area contributed by atoms with Crippen molar-refractivity contribution in [1.29, 1.82) is 5.26 Å². The SMILES string of the molecule is CN(C(=O)c1nonc1N)c1cccc(C#N)c1. The summed E-state index contributed by atoms with van der Waals surface area (Å²) >= 11 is 0. The molecular formula is C11H9N5O2. The number of carbonyl (C=O) groups is 1. The first kappa shape index (κ1) is 11.6. The first-order valence-electron chi connectivity index (χ1n) is 4.99. The van der Waals surface area contributed by atoms with Gasteiger partial charge in [0.15, 0.2) is 0 Å². The van der Waals surface area contributed by atoms with Gasteiger partial charge in [0.05, 0.1) is 11.6 Å². The molecule has 2 aromatic rings. The van der Waals surface area contributed by atoms with Crippen LogP contribution in [0.3, 0.4) is 0 Å². The maximum Gasteiger partial charge on any atom is 0.284 e. The van der Waals surface area contributed by atoms with Crippen molar-refractivity contribution in [3.05, 3.63) is 35.5 Å². The maximum atomic E-state index is 12.0. The standard InChI is InChI=1S/C11H9N5O2/c1-16(8-4-2-3-7(5-8)6-12)11(17)9-10(13)15-18-14-9/h2-5H,1H3,(H2,13,15). The minimum atomic E-state index is -0.455. The summed E-state index contributed by atoms with van der Waals surface area (Å²) in [4.78, 5) is 13.3. The van der Waals surface area contributed by atoms with Gasteiger partial charge in [0, 0.05) is 12.7 Å². The minimum Gasteiger partial charge on any atom is -0.379 e. The number of hydrogen-bond donors (Lipinski definition) is 1. The van der Waals surface area contributed by atoms with Crippen LogP contribution in [0.25, 0.3) is 0 Å². The Kier molecular flexibility index (Phi) is 2.93. The fourth-order valence-corrected chi connectivity index (χ4v) is 1.40. The molecule has 0 saturated carbocycles. The Hall–Kier alpha value is -2.88. The second kappa shape index (κ2) is 4.55. The quantitative estimate of drug-likeness (QED) is 0.835. The van der Waals surface area contributed by atoms with Gasteiger partial charge in [-0.25, -0.2) is 4.63 Å². The molecule has 1 amide bonds. The van der Waals surface area contributed by atoms with Crippen LogP contribution in [-0.2, 0) is 0 Å². The normalized spacial score (nSPS) is 9.78. The lowest BCUT2D eigenvalue weighted by Crippen LogP contribution is -2.27. The summed E-state index contributed by atoms with van der Waals surface area (Å²) in [6, 6.07) is 8.61. The number of nitriles is 1. The number of nitrogens with zero attached hydrogens (tertiary/aromatic N) is 4. The van der Waals surface area contributed by atoms with Crippen molar-refractivity contribution in [2.24, 2.45) is 0 Å². The lowest BCUT2D eigenvalue weighted by molar-refractivity contribution is 0.0984. The molecule has 0 aliphatic heterocycles. The van der Waals surface area contributed by atoms with E-state index in [1.54, 1.807) is 31.3 Å². The zero-order valence-electron chi connectivity index (χ0n) is 9.49. The largest absolute Gasteiger partial charge is 0.379 e. The molecule has 0 radical (unpaired) electrons. The second-order valence-corrected chi connectivity index (χ2v) is 3.52. The van der Waals surface area contributed by atoms with Gasteiger partial charge in [0.1, 0.15) is 0 Å². The monoisotopic (exact) mass is 243 g/mol. The number of rotatable bonds is 2. The molecule has 1 aromatic carbocycles. The minimum absolute atomic E-state index is 0.0557. The lowest BCUT2D eigenvalue weighted by atomic mass is 10.2. The highest BCUT2D eigenvalue weighted by molar-refractivity contribution is 6.06. The molecule has 1 heterocycles. The van der Waals surface area contributed by atoms with Gasteiger partial charge in [-0.2, -0.15) is 5.26 Å². The number of benzene rings is 1. The predicted molar refractivity (Wildman–Crippen MR) is 62.6 cm³/mol. The van der Waals surface area contributed by atoms with Crippen LogP contribution in [-0.4, -0.2) is 23.3 Å². The van der Waals surface area contributed by atoms with Crippen molar-refractivity contribution in [3.8, 4) is 6.07 Å². The number of nitrogens with two attached hydrogens (primary N) is 1. The van der Waals surface area contributed by atoms with E-state index in [-0.39, 0.29) is 11.5 Å². The van der Waals surface area contributed by atoms with Crippen LogP contribution in [0.4, 0.5) is 11.5 Å².